The molecule has 0 atom stereocenters. The summed E-state index contributed by atoms with van der Waals surface area (Å²) in [6.07, 6.45) is 2.69. The van der Waals surface area contributed by atoms with Gasteiger partial charge in [0.25, 0.3) is 0 Å². The van der Waals surface area contributed by atoms with Crippen LogP contribution in [0.3, 0.4) is 0 Å². The molecule has 0 bridgehead atoms. The van der Waals surface area contributed by atoms with Gasteiger partial charge in [-0.1, -0.05) is 6.07 Å². The first-order valence-corrected chi connectivity index (χ1v) is 6.97. The van der Waals surface area contributed by atoms with Crippen molar-refractivity contribution in [3.8, 4) is 11.9 Å². The molecule has 1 aliphatic rings. The van der Waals surface area contributed by atoms with Crippen molar-refractivity contribution in [1.29, 1.82) is 5.26 Å². The molecule has 0 radical (unpaired) electrons. The highest BCUT2D eigenvalue weighted by Gasteiger charge is 2.22. The zero-order valence-corrected chi connectivity index (χ0v) is 11.7. The Morgan fingerprint density at radius 3 is 2.95 bits per heavy atom. The van der Waals surface area contributed by atoms with Gasteiger partial charge in [0.15, 0.2) is 11.6 Å². The highest BCUT2D eigenvalue weighted by Crippen LogP contribution is 2.26. The fraction of sp³-hybridized carbons (Fsp3) is 0.357. The third-order valence-corrected chi connectivity index (χ3v) is 3.52. The molecule has 7 nitrogen and oxygen atoms in total. The minimum absolute atomic E-state index is 0.336. The lowest BCUT2D eigenvalue weighted by atomic mass is 10.3. The zero-order chi connectivity index (χ0) is 14.7. The molecule has 3 heterocycles. The summed E-state index contributed by atoms with van der Waals surface area (Å²) < 4.78 is 1.53. The smallest absolute Gasteiger partial charge is 0.171 e. The number of rotatable bonds is 2. The highest BCUT2D eigenvalue weighted by atomic mass is 15.4. The molecule has 0 aliphatic carbocycles. The van der Waals surface area contributed by atoms with E-state index in [1.807, 2.05) is 18.2 Å². The predicted molar refractivity (Wildman–Crippen MR) is 80.2 cm³/mol. The lowest BCUT2D eigenvalue weighted by Gasteiger charge is -2.19. The van der Waals surface area contributed by atoms with E-state index in [0.29, 0.717) is 23.0 Å². The van der Waals surface area contributed by atoms with Crippen molar-refractivity contribution in [1.82, 2.24) is 20.1 Å². The van der Waals surface area contributed by atoms with Crippen molar-refractivity contribution >= 4 is 11.6 Å². The van der Waals surface area contributed by atoms with E-state index in [9.17, 15) is 5.26 Å². The molecule has 0 aromatic carbocycles. The maximum Gasteiger partial charge on any atom is 0.171 e. The number of nitriles is 1. The molecule has 2 aromatic heterocycles. The van der Waals surface area contributed by atoms with Crippen molar-refractivity contribution in [2.75, 3.05) is 36.8 Å². The Morgan fingerprint density at radius 1 is 1.29 bits per heavy atom. The van der Waals surface area contributed by atoms with Crippen LogP contribution in [0.15, 0.2) is 24.4 Å². The molecule has 0 amide bonds. The number of hydrogen-bond acceptors (Lipinski definition) is 6. The van der Waals surface area contributed by atoms with Crippen LogP contribution in [0.25, 0.3) is 5.82 Å². The number of nitrogens with two attached hydrogens (primary N) is 1. The Hall–Kier alpha value is -2.59. The normalized spacial score (nSPS) is 15.5. The van der Waals surface area contributed by atoms with Gasteiger partial charge in [0.1, 0.15) is 17.5 Å². The van der Waals surface area contributed by atoms with Gasteiger partial charge in [0, 0.05) is 25.8 Å². The van der Waals surface area contributed by atoms with Gasteiger partial charge >= 0.3 is 0 Å². The van der Waals surface area contributed by atoms with Gasteiger partial charge in [-0.05, 0) is 25.1 Å². The summed E-state index contributed by atoms with van der Waals surface area (Å²) in [6, 6.07) is 7.69. The third kappa shape index (κ3) is 2.53. The third-order valence-electron chi connectivity index (χ3n) is 3.52. The minimum atomic E-state index is 0.336. The maximum atomic E-state index is 9.41. The van der Waals surface area contributed by atoms with E-state index in [4.69, 9.17) is 5.73 Å². The average molecular weight is 283 g/mol. The van der Waals surface area contributed by atoms with Crippen LogP contribution in [0, 0.1) is 11.3 Å². The molecular formula is C14H17N7. The van der Waals surface area contributed by atoms with E-state index in [1.165, 1.54) is 4.68 Å². The number of nitrogen functional groups attached to an aromatic ring is 1. The summed E-state index contributed by atoms with van der Waals surface area (Å²) in [5, 5.41) is 17.3. The first kappa shape index (κ1) is 13.4. The molecular weight excluding hydrogens is 266 g/mol. The largest absolute Gasteiger partial charge is 0.382 e. The molecule has 21 heavy (non-hydrogen) atoms. The SMILES string of the molecule is N#Cc1c(N2CCCNCC2)nn(-c2ccccn2)c1N. The van der Waals surface area contributed by atoms with E-state index < -0.39 is 0 Å². The van der Waals surface area contributed by atoms with Crippen LogP contribution in [0.1, 0.15) is 12.0 Å². The number of nitrogens with zero attached hydrogens (tertiary/aromatic N) is 5. The molecule has 0 spiro atoms. The molecule has 1 aliphatic heterocycles. The first-order valence-electron chi connectivity index (χ1n) is 6.97. The van der Waals surface area contributed by atoms with Gasteiger partial charge in [-0.15, -0.1) is 5.10 Å². The average Bonchev–Trinajstić information content (AvgIpc) is 2.70. The fourth-order valence-electron chi connectivity index (χ4n) is 2.46. The molecule has 1 saturated heterocycles. The van der Waals surface area contributed by atoms with Gasteiger partial charge in [-0.2, -0.15) is 9.94 Å². The van der Waals surface area contributed by atoms with Gasteiger partial charge < -0.3 is 16.0 Å². The van der Waals surface area contributed by atoms with Crippen molar-refractivity contribution in [3.05, 3.63) is 30.0 Å². The fourth-order valence-corrected chi connectivity index (χ4v) is 2.46. The Kier molecular flexibility index (Phi) is 3.71. The van der Waals surface area contributed by atoms with E-state index >= 15 is 0 Å². The second-order valence-corrected chi connectivity index (χ2v) is 4.89. The number of nitrogens with one attached hydrogen (secondary N) is 1. The molecule has 2 aromatic rings. The maximum absolute atomic E-state index is 9.41. The molecule has 3 N–H and O–H groups in total. The Labute approximate surface area is 123 Å². The van der Waals surface area contributed by atoms with E-state index in [1.54, 1.807) is 6.20 Å². The summed E-state index contributed by atoms with van der Waals surface area (Å²) >= 11 is 0. The predicted octanol–water partition coefficient (Wildman–Crippen LogP) is 0.521. The van der Waals surface area contributed by atoms with Gasteiger partial charge in [-0.25, -0.2) is 4.98 Å². The van der Waals surface area contributed by atoms with Gasteiger partial charge in [0.05, 0.1) is 0 Å². The van der Waals surface area contributed by atoms with Crippen LogP contribution >= 0.6 is 0 Å². The minimum Gasteiger partial charge on any atom is -0.382 e. The number of pyridine rings is 1. The molecule has 0 unspecified atom stereocenters. The van der Waals surface area contributed by atoms with Crippen LogP contribution in [-0.4, -0.2) is 40.9 Å². The van der Waals surface area contributed by atoms with Crippen LogP contribution in [0.4, 0.5) is 11.6 Å². The van der Waals surface area contributed by atoms with Crippen LogP contribution in [0.5, 0.6) is 0 Å². The summed E-state index contributed by atoms with van der Waals surface area (Å²) in [5.41, 5.74) is 6.51. The summed E-state index contributed by atoms with van der Waals surface area (Å²) in [4.78, 5) is 6.35. The van der Waals surface area contributed by atoms with Crippen molar-refractivity contribution in [3.63, 3.8) is 0 Å². The van der Waals surface area contributed by atoms with Gasteiger partial charge in [0.2, 0.25) is 0 Å². The second kappa shape index (κ2) is 5.81. The second-order valence-electron chi connectivity index (χ2n) is 4.89. The summed E-state index contributed by atoms with van der Waals surface area (Å²) in [6.45, 7) is 3.53. The Bertz CT molecular complexity index is 648. The molecule has 108 valence electrons. The van der Waals surface area contributed by atoms with Crippen LogP contribution in [0.2, 0.25) is 0 Å². The Balaban J connectivity index is 2.03. The van der Waals surface area contributed by atoms with Crippen molar-refractivity contribution in [2.45, 2.75) is 6.42 Å². The van der Waals surface area contributed by atoms with Crippen molar-refractivity contribution < 1.29 is 0 Å². The highest BCUT2D eigenvalue weighted by molar-refractivity contribution is 5.66. The molecule has 7 heteroatoms. The molecule has 1 fully saturated rings. The summed E-state index contributed by atoms with van der Waals surface area (Å²) in [5.74, 6) is 1.60. The first-order chi connectivity index (χ1) is 10.3. The Morgan fingerprint density at radius 2 is 2.19 bits per heavy atom. The quantitative estimate of drug-likeness (QED) is 0.834. The number of hydrogen-bond donors (Lipinski definition) is 2. The standard InChI is InChI=1S/C14H17N7/c15-10-11-13(16)21(12-4-1-2-6-18-12)19-14(11)20-8-3-5-17-7-9-20/h1-2,4,6,17H,3,5,7-9,16H2. The molecule has 0 saturated carbocycles. The van der Waals surface area contributed by atoms with Crippen molar-refractivity contribution in [2.24, 2.45) is 0 Å². The van der Waals surface area contributed by atoms with E-state index in [-0.39, 0.29) is 0 Å². The number of aromatic nitrogens is 3. The lowest BCUT2D eigenvalue weighted by molar-refractivity contribution is 0.724. The van der Waals surface area contributed by atoms with Crippen LogP contribution < -0.4 is 16.0 Å². The van der Waals surface area contributed by atoms with Gasteiger partial charge in [-0.3, -0.25) is 0 Å². The topological polar surface area (TPSA) is 95.8 Å². The summed E-state index contributed by atoms with van der Waals surface area (Å²) in [7, 11) is 0. The number of anilines is 2. The molecule has 3 rings (SSSR count). The zero-order valence-electron chi connectivity index (χ0n) is 11.7. The van der Waals surface area contributed by atoms with E-state index in [0.717, 1.165) is 32.6 Å². The van der Waals surface area contributed by atoms with E-state index in [2.05, 4.69) is 26.4 Å². The lowest BCUT2D eigenvalue weighted by Crippen LogP contribution is -2.28. The monoisotopic (exact) mass is 283 g/mol. The van der Waals surface area contributed by atoms with Crippen LogP contribution in [-0.2, 0) is 0 Å².